The molecule has 4 unspecified atom stereocenters. The molecule has 2 aromatic carbocycles. The lowest BCUT2D eigenvalue weighted by atomic mass is 9.61. The Bertz CT molecular complexity index is 1480. The zero-order valence-corrected chi connectivity index (χ0v) is 24.7. The number of carbonyl (C=O) groups excluding carboxylic acids is 3. The van der Waals surface area contributed by atoms with Crippen molar-refractivity contribution in [3.8, 4) is 11.5 Å². The van der Waals surface area contributed by atoms with E-state index in [1.54, 1.807) is 26.0 Å². The molecule has 0 saturated carbocycles. The molecule has 41 heavy (non-hydrogen) atoms. The first-order chi connectivity index (χ1) is 18.9. The van der Waals surface area contributed by atoms with Gasteiger partial charge in [-0.1, -0.05) is 39.0 Å². The molecule has 0 bridgehead atoms. The van der Waals surface area contributed by atoms with Crippen molar-refractivity contribution in [1.82, 2.24) is 0 Å². The number of phenolic OH excluding ortho intramolecular Hbond substituents is 2. The van der Waals surface area contributed by atoms with Crippen LogP contribution in [0.4, 0.5) is 0 Å². The fourth-order valence-corrected chi connectivity index (χ4v) is 6.68. The third-order valence-corrected chi connectivity index (χ3v) is 10.2. The second-order valence-electron chi connectivity index (χ2n) is 13.1. The topological polar surface area (TPSA) is 156 Å². The molecule has 5 N–H and O–H groups in total. The number of Topliss-reactive ketones (excluding diaryl/α,β-unsaturated/α-hetero) is 1. The number of hydrogen-bond donors (Lipinski definition) is 4. The predicted molar refractivity (Wildman–Crippen MR) is 150 cm³/mol. The lowest BCUT2D eigenvalue weighted by Crippen LogP contribution is -2.67. The second kappa shape index (κ2) is 9.19. The van der Waals surface area contributed by atoms with Crippen molar-refractivity contribution in [1.29, 1.82) is 0 Å². The van der Waals surface area contributed by atoms with Crippen molar-refractivity contribution in [2.45, 2.75) is 103 Å². The highest BCUT2D eigenvalue weighted by atomic mass is 16.7. The van der Waals surface area contributed by atoms with E-state index in [2.05, 4.69) is 0 Å². The quantitative estimate of drug-likeness (QED) is 0.341. The Kier molecular flexibility index (Phi) is 6.59. The SMILES string of the molecule is CCC(=O)C1(O)Cc2c(O)c3c(c(O)c2C(OC2CC(C)(N)C(C)(C)C(C)(C)O2)C1)C(=O)c1c(C)cccc1C3=O. The lowest BCUT2D eigenvalue weighted by Gasteiger charge is -2.57. The van der Waals surface area contributed by atoms with E-state index in [0.29, 0.717) is 5.56 Å². The molecule has 220 valence electrons. The fraction of sp³-hybridized carbons (Fsp3) is 0.531. The molecule has 1 fully saturated rings. The highest BCUT2D eigenvalue weighted by molar-refractivity contribution is 6.31. The summed E-state index contributed by atoms with van der Waals surface area (Å²) < 4.78 is 12.8. The number of phenols is 2. The molecule has 0 spiro atoms. The van der Waals surface area contributed by atoms with E-state index in [1.165, 1.54) is 6.07 Å². The maximum absolute atomic E-state index is 13.7. The van der Waals surface area contributed by atoms with Gasteiger partial charge in [0.1, 0.15) is 17.1 Å². The molecule has 2 aromatic rings. The van der Waals surface area contributed by atoms with Gasteiger partial charge in [0.05, 0.1) is 22.8 Å². The maximum atomic E-state index is 13.7. The first-order valence-electron chi connectivity index (χ1n) is 14.1. The van der Waals surface area contributed by atoms with Crippen LogP contribution >= 0.6 is 0 Å². The number of carbonyl (C=O) groups is 3. The number of aromatic hydroxyl groups is 2. The van der Waals surface area contributed by atoms with Crippen molar-refractivity contribution in [2.75, 3.05) is 0 Å². The molecular formula is C32H39NO8. The molecule has 9 heteroatoms. The van der Waals surface area contributed by atoms with E-state index in [-0.39, 0.29) is 59.1 Å². The van der Waals surface area contributed by atoms with Gasteiger partial charge in [0.2, 0.25) is 0 Å². The molecule has 0 amide bonds. The maximum Gasteiger partial charge on any atom is 0.198 e. The monoisotopic (exact) mass is 565 g/mol. The summed E-state index contributed by atoms with van der Waals surface area (Å²) in [7, 11) is 0. The van der Waals surface area contributed by atoms with Crippen LogP contribution in [0.1, 0.15) is 115 Å². The number of fused-ring (bicyclic) bond motifs is 3. The van der Waals surface area contributed by atoms with Gasteiger partial charge in [-0.3, -0.25) is 14.4 Å². The van der Waals surface area contributed by atoms with Crippen LogP contribution in [-0.4, -0.2) is 55.7 Å². The molecule has 0 aromatic heterocycles. The third kappa shape index (κ3) is 4.08. The third-order valence-electron chi connectivity index (χ3n) is 10.2. The van der Waals surface area contributed by atoms with Crippen molar-refractivity contribution in [3.63, 3.8) is 0 Å². The Morgan fingerprint density at radius 3 is 2.27 bits per heavy atom. The number of ketones is 3. The van der Waals surface area contributed by atoms with Crippen molar-refractivity contribution in [2.24, 2.45) is 11.1 Å². The Balaban J connectivity index is 1.69. The fourth-order valence-electron chi connectivity index (χ4n) is 6.68. The zero-order valence-electron chi connectivity index (χ0n) is 24.7. The van der Waals surface area contributed by atoms with Crippen LogP contribution in [0.3, 0.4) is 0 Å². The molecule has 9 nitrogen and oxygen atoms in total. The Labute approximate surface area is 239 Å². The highest BCUT2D eigenvalue weighted by Crippen LogP contribution is 2.54. The molecule has 4 atom stereocenters. The lowest BCUT2D eigenvalue weighted by molar-refractivity contribution is -0.300. The van der Waals surface area contributed by atoms with E-state index in [9.17, 15) is 29.7 Å². The van der Waals surface area contributed by atoms with E-state index >= 15 is 0 Å². The molecular weight excluding hydrogens is 526 g/mol. The summed E-state index contributed by atoms with van der Waals surface area (Å²) in [5.41, 5.74) is 3.07. The predicted octanol–water partition coefficient (Wildman–Crippen LogP) is 4.16. The second-order valence-corrected chi connectivity index (χ2v) is 13.1. The molecule has 1 aliphatic heterocycles. The van der Waals surface area contributed by atoms with Gasteiger partial charge < -0.3 is 30.5 Å². The van der Waals surface area contributed by atoms with Crippen LogP contribution in [-0.2, 0) is 20.7 Å². The van der Waals surface area contributed by atoms with Crippen molar-refractivity contribution in [3.05, 3.63) is 57.1 Å². The Morgan fingerprint density at radius 2 is 1.66 bits per heavy atom. The minimum atomic E-state index is -1.95. The van der Waals surface area contributed by atoms with Gasteiger partial charge in [0, 0.05) is 58.9 Å². The molecule has 5 rings (SSSR count). The van der Waals surface area contributed by atoms with E-state index in [1.807, 2.05) is 34.6 Å². The summed E-state index contributed by atoms with van der Waals surface area (Å²) in [6, 6.07) is 4.83. The number of aliphatic hydroxyl groups is 1. The summed E-state index contributed by atoms with van der Waals surface area (Å²) in [5.74, 6) is -2.77. The van der Waals surface area contributed by atoms with E-state index < -0.39 is 63.4 Å². The van der Waals surface area contributed by atoms with Crippen LogP contribution in [0.5, 0.6) is 11.5 Å². The van der Waals surface area contributed by atoms with E-state index in [4.69, 9.17) is 15.2 Å². The molecule has 1 saturated heterocycles. The van der Waals surface area contributed by atoms with Crippen LogP contribution in [0.2, 0.25) is 0 Å². The van der Waals surface area contributed by atoms with Gasteiger partial charge >= 0.3 is 0 Å². The summed E-state index contributed by atoms with van der Waals surface area (Å²) >= 11 is 0. The number of ether oxygens (including phenoxy) is 2. The first kappa shape index (κ1) is 29.4. The summed E-state index contributed by atoms with van der Waals surface area (Å²) in [4.78, 5) is 40.4. The van der Waals surface area contributed by atoms with Gasteiger partial charge in [-0.2, -0.15) is 0 Å². The van der Waals surface area contributed by atoms with Crippen LogP contribution in [0.25, 0.3) is 0 Å². The summed E-state index contributed by atoms with van der Waals surface area (Å²) in [5, 5.41) is 34.8. The largest absolute Gasteiger partial charge is 0.507 e. The van der Waals surface area contributed by atoms with Crippen LogP contribution in [0, 0.1) is 12.3 Å². The van der Waals surface area contributed by atoms with Gasteiger partial charge in [0.15, 0.2) is 23.6 Å². The van der Waals surface area contributed by atoms with Crippen molar-refractivity contribution >= 4 is 17.3 Å². The summed E-state index contributed by atoms with van der Waals surface area (Å²) in [6.07, 6.45) is -2.39. The first-order valence-corrected chi connectivity index (χ1v) is 14.1. The number of rotatable bonds is 4. The number of benzene rings is 2. The normalized spacial score (nSPS) is 29.9. The van der Waals surface area contributed by atoms with Gasteiger partial charge in [0.25, 0.3) is 0 Å². The molecule has 0 radical (unpaired) electrons. The molecule has 3 aliphatic rings. The van der Waals surface area contributed by atoms with Crippen molar-refractivity contribution < 1.29 is 39.2 Å². The Hall–Kier alpha value is -3.11. The number of hydrogen-bond acceptors (Lipinski definition) is 9. The number of nitrogens with two attached hydrogens (primary N) is 1. The van der Waals surface area contributed by atoms with Gasteiger partial charge in [-0.25, -0.2) is 0 Å². The average Bonchev–Trinajstić information content (AvgIpc) is 2.86. The highest BCUT2D eigenvalue weighted by Gasteiger charge is 2.57. The molecule has 2 aliphatic carbocycles. The smallest absolute Gasteiger partial charge is 0.198 e. The molecule has 1 heterocycles. The number of aryl methyl sites for hydroxylation is 1. The Morgan fingerprint density at radius 1 is 1.02 bits per heavy atom. The van der Waals surface area contributed by atoms with Gasteiger partial charge in [-0.15, -0.1) is 0 Å². The van der Waals surface area contributed by atoms with Crippen LogP contribution in [0.15, 0.2) is 18.2 Å². The minimum absolute atomic E-state index is 0.00929. The summed E-state index contributed by atoms with van der Waals surface area (Å²) in [6.45, 7) is 13.1. The minimum Gasteiger partial charge on any atom is -0.507 e. The van der Waals surface area contributed by atoms with E-state index in [0.717, 1.165) is 0 Å². The van der Waals surface area contributed by atoms with Gasteiger partial charge in [-0.05, 0) is 33.3 Å². The standard InChI is InChI=1S/C32H39NO8/c1-8-19(34)32(39)12-17-22(18(13-32)40-20-14-31(7,33)29(3,4)30(5,6)41-20)28(38)24-23(26(17)36)25(35)16-11-9-10-15(2)21(16)27(24)37/h9-11,18,20,36,38-39H,8,12-14,33H2,1-7H3. The zero-order chi connectivity index (χ0) is 30.4. The average molecular weight is 566 g/mol. The van der Waals surface area contributed by atoms with Crippen LogP contribution < -0.4 is 5.73 Å².